The van der Waals surface area contributed by atoms with Crippen LogP contribution in [0.4, 0.5) is 4.79 Å². The number of hydrogen-bond acceptors (Lipinski definition) is 10. The first-order chi connectivity index (χ1) is 22.9. The van der Waals surface area contributed by atoms with Crippen LogP contribution >= 0.6 is 11.3 Å². The Morgan fingerprint density at radius 2 is 1.75 bits per heavy atom. The Morgan fingerprint density at radius 1 is 1.04 bits per heavy atom. The van der Waals surface area contributed by atoms with Crippen molar-refractivity contribution >= 4 is 29.3 Å². The third-order valence-corrected chi connectivity index (χ3v) is 10.4. The van der Waals surface area contributed by atoms with Gasteiger partial charge in [-0.2, -0.15) is 16.1 Å². The van der Waals surface area contributed by atoms with Gasteiger partial charge < -0.3 is 25.6 Å². The molecule has 2 amide bonds. The minimum absolute atomic E-state index is 0.133. The number of thiophene rings is 1. The molecule has 3 aliphatic rings. The average Bonchev–Trinajstić information content (AvgIpc) is 3.53. The molecule has 13 nitrogen and oxygen atoms in total. The predicted octanol–water partition coefficient (Wildman–Crippen LogP) is 4.60. The van der Waals surface area contributed by atoms with E-state index >= 15 is 0 Å². The maximum absolute atomic E-state index is 14.0. The smallest absolute Gasteiger partial charge is 0.408 e. The number of carboxylic acid groups (broad SMARTS) is 1. The predicted molar refractivity (Wildman–Crippen MR) is 179 cm³/mol. The van der Waals surface area contributed by atoms with Crippen LogP contribution in [0, 0.1) is 5.92 Å². The number of carbonyl (C=O) groups excluding carboxylic acids is 2. The van der Waals surface area contributed by atoms with E-state index in [2.05, 4.69) is 37.5 Å². The third-order valence-electron chi connectivity index (χ3n) is 9.67. The first kappa shape index (κ1) is 34.0. The van der Waals surface area contributed by atoms with Crippen LogP contribution in [0.3, 0.4) is 0 Å². The summed E-state index contributed by atoms with van der Waals surface area (Å²) >= 11 is 1.63. The van der Waals surface area contributed by atoms with Gasteiger partial charge in [-0.05, 0) is 85.5 Å². The van der Waals surface area contributed by atoms with Gasteiger partial charge in [0.2, 0.25) is 11.7 Å². The van der Waals surface area contributed by atoms with Gasteiger partial charge >= 0.3 is 12.1 Å². The molecule has 6 rings (SSSR count). The van der Waals surface area contributed by atoms with E-state index in [1.54, 1.807) is 37.0 Å². The molecule has 2 aliphatic heterocycles. The van der Waals surface area contributed by atoms with E-state index in [1.807, 2.05) is 29.6 Å². The molecule has 1 saturated carbocycles. The van der Waals surface area contributed by atoms with Crippen molar-refractivity contribution in [3.63, 3.8) is 0 Å². The average molecular weight is 680 g/mol. The number of fused-ring (bicyclic) bond motifs is 2. The fourth-order valence-corrected chi connectivity index (χ4v) is 7.68. The van der Waals surface area contributed by atoms with Crippen LogP contribution in [0.1, 0.15) is 84.6 Å². The van der Waals surface area contributed by atoms with Crippen molar-refractivity contribution in [2.45, 2.75) is 114 Å². The zero-order valence-corrected chi connectivity index (χ0v) is 28.5. The lowest BCUT2D eigenvalue weighted by Gasteiger charge is -2.35. The van der Waals surface area contributed by atoms with Crippen LogP contribution in [0.25, 0.3) is 22.5 Å². The van der Waals surface area contributed by atoms with Crippen molar-refractivity contribution in [1.29, 1.82) is 0 Å². The Labute approximate surface area is 284 Å². The summed E-state index contributed by atoms with van der Waals surface area (Å²) in [6.45, 7) is 5.49. The van der Waals surface area contributed by atoms with Crippen LogP contribution in [-0.4, -0.2) is 89.3 Å². The monoisotopic (exact) mass is 679 g/mol. The molecule has 14 heteroatoms. The summed E-state index contributed by atoms with van der Waals surface area (Å²) in [6, 6.07) is 7.88. The number of nitrogens with zero attached hydrogens (tertiary/aromatic N) is 5. The number of aliphatic carboxylic acids is 1. The molecule has 4 heterocycles. The molecule has 48 heavy (non-hydrogen) atoms. The van der Waals surface area contributed by atoms with Crippen LogP contribution in [0.5, 0.6) is 0 Å². The fourth-order valence-electron chi connectivity index (χ4n) is 7.01. The van der Waals surface area contributed by atoms with Gasteiger partial charge in [0.1, 0.15) is 17.4 Å². The van der Waals surface area contributed by atoms with Crippen LogP contribution in [-0.2, 0) is 14.3 Å². The number of rotatable bonds is 5. The van der Waals surface area contributed by atoms with Gasteiger partial charge in [0.05, 0.1) is 18.1 Å². The normalized spacial score (nSPS) is 28.7. The molecule has 3 fully saturated rings. The molecule has 0 unspecified atom stereocenters. The van der Waals surface area contributed by atoms with Gasteiger partial charge in [0.25, 0.3) is 0 Å². The number of alkyl carbamates (subject to hydrolysis) is 1. The molecule has 3 aromatic rings. The zero-order chi connectivity index (χ0) is 34.1. The van der Waals surface area contributed by atoms with E-state index in [9.17, 15) is 24.6 Å². The highest BCUT2D eigenvalue weighted by Gasteiger charge is 2.62. The second kappa shape index (κ2) is 13.9. The third kappa shape index (κ3) is 7.55. The Hall–Kier alpha value is -3.88. The van der Waals surface area contributed by atoms with E-state index in [0.29, 0.717) is 18.7 Å². The Kier molecular flexibility index (Phi) is 9.86. The molecular weight excluding hydrogens is 634 g/mol. The highest BCUT2D eigenvalue weighted by Crippen LogP contribution is 2.47. The summed E-state index contributed by atoms with van der Waals surface area (Å²) in [5, 5.41) is 45.2. The minimum Gasteiger partial charge on any atom is -0.479 e. The highest BCUT2D eigenvalue weighted by molar-refractivity contribution is 7.08. The summed E-state index contributed by atoms with van der Waals surface area (Å²) in [7, 11) is 0. The minimum atomic E-state index is -1.31. The van der Waals surface area contributed by atoms with Gasteiger partial charge in [-0.25, -0.2) is 9.59 Å². The summed E-state index contributed by atoms with van der Waals surface area (Å²) in [4.78, 5) is 42.4. The summed E-state index contributed by atoms with van der Waals surface area (Å²) < 4.78 is 5.51. The van der Waals surface area contributed by atoms with Gasteiger partial charge in [0.15, 0.2) is 0 Å². The van der Waals surface area contributed by atoms with E-state index in [1.165, 1.54) is 4.80 Å². The standard InChI is InChI=1S/C34H45N7O6S/c1-33(2,3)47-32(46)35-26-10-8-6-4-5-7-9-24-18-34(24,31(44)45)36-29(42)27-17-25(19-40(27)30(26)43)41-38-28(37-39-41)22-13-11-21(12-14-22)23-15-16-48-20-23/h11-16,20,24-27,30,43H,4-10,17-19H2,1-3H3,(H,35,46)(H,36,42)(H,44,45)/t24-,25+,26-,27+,30-,34+/m1/s1. The highest BCUT2D eigenvalue weighted by atomic mass is 32.1. The number of benzene rings is 1. The number of hydrogen-bond donors (Lipinski definition) is 4. The molecule has 4 N–H and O–H groups in total. The van der Waals surface area contributed by atoms with Crippen LogP contribution < -0.4 is 10.6 Å². The number of aliphatic hydroxyl groups excluding tert-OH is 1. The van der Waals surface area contributed by atoms with Crippen molar-refractivity contribution in [3.05, 3.63) is 41.1 Å². The second-order valence-electron chi connectivity index (χ2n) is 14.3. The SMILES string of the molecule is CC(C)(C)OC(=O)N[C@@H]1CCCCCCC[C@@H]2C[C@]2(C(=O)O)NC(=O)[C@@H]2C[C@H](n3nnc(-c4ccc(-c5ccsc5)cc4)n3)CN2[C@@H]1O. The molecule has 0 bridgehead atoms. The molecule has 0 radical (unpaired) electrons. The largest absolute Gasteiger partial charge is 0.479 e. The van der Waals surface area contributed by atoms with Crippen molar-refractivity contribution in [2.75, 3.05) is 6.54 Å². The van der Waals surface area contributed by atoms with Crippen LogP contribution in [0.15, 0.2) is 41.1 Å². The van der Waals surface area contributed by atoms with Gasteiger partial charge in [0, 0.05) is 12.1 Å². The zero-order valence-electron chi connectivity index (χ0n) is 27.7. The lowest BCUT2D eigenvalue weighted by atomic mass is 10.0. The maximum atomic E-state index is 14.0. The Morgan fingerprint density at radius 3 is 2.44 bits per heavy atom. The number of carbonyl (C=O) groups is 3. The molecule has 6 atom stereocenters. The topological polar surface area (TPSA) is 172 Å². The molecule has 2 aromatic heterocycles. The summed E-state index contributed by atoms with van der Waals surface area (Å²) in [5.41, 5.74) is 0.960. The summed E-state index contributed by atoms with van der Waals surface area (Å²) in [6.07, 6.45) is 4.35. The number of carboxylic acids is 1. The van der Waals surface area contributed by atoms with Gasteiger partial charge in [-0.3, -0.25) is 9.69 Å². The van der Waals surface area contributed by atoms with Crippen molar-refractivity contribution < 1.29 is 29.3 Å². The van der Waals surface area contributed by atoms with Crippen molar-refractivity contribution in [2.24, 2.45) is 5.92 Å². The summed E-state index contributed by atoms with van der Waals surface area (Å²) in [5.74, 6) is -1.22. The number of tetrazole rings is 1. The quantitative estimate of drug-likeness (QED) is 0.299. The first-order valence-corrected chi connectivity index (χ1v) is 17.8. The van der Waals surface area contributed by atoms with E-state index in [0.717, 1.165) is 55.2 Å². The second-order valence-corrected chi connectivity index (χ2v) is 15.1. The van der Waals surface area contributed by atoms with Gasteiger partial charge in [-0.15, -0.1) is 10.2 Å². The molecular formula is C34H45N7O6S. The Bertz CT molecular complexity index is 1590. The Balaban J connectivity index is 1.26. The van der Waals surface area contributed by atoms with Crippen molar-refractivity contribution in [3.8, 4) is 22.5 Å². The molecule has 1 aromatic carbocycles. The molecule has 1 aliphatic carbocycles. The maximum Gasteiger partial charge on any atom is 0.408 e. The molecule has 2 saturated heterocycles. The van der Waals surface area contributed by atoms with E-state index in [4.69, 9.17) is 4.74 Å². The lowest BCUT2D eigenvalue weighted by molar-refractivity contribution is -0.145. The van der Waals surface area contributed by atoms with E-state index < -0.39 is 53.5 Å². The molecule has 0 spiro atoms. The molecule has 258 valence electrons. The first-order valence-electron chi connectivity index (χ1n) is 16.8. The number of nitrogens with one attached hydrogen (secondary N) is 2. The van der Waals surface area contributed by atoms with Gasteiger partial charge in [-0.1, -0.05) is 56.4 Å². The lowest BCUT2D eigenvalue weighted by Crippen LogP contribution is -2.58. The number of aromatic nitrogens is 4. The number of aliphatic hydroxyl groups is 1. The van der Waals surface area contributed by atoms with Crippen molar-refractivity contribution in [1.82, 2.24) is 35.7 Å². The number of amides is 2. The fraction of sp³-hybridized carbons (Fsp3) is 0.588. The van der Waals surface area contributed by atoms with Crippen LogP contribution in [0.2, 0.25) is 0 Å². The number of ether oxygens (including phenoxy) is 1. The van der Waals surface area contributed by atoms with E-state index in [-0.39, 0.29) is 18.9 Å².